The van der Waals surface area contributed by atoms with E-state index in [0.717, 1.165) is 23.3 Å². The van der Waals surface area contributed by atoms with E-state index < -0.39 is 0 Å². The van der Waals surface area contributed by atoms with Gasteiger partial charge >= 0.3 is 0 Å². The van der Waals surface area contributed by atoms with E-state index in [9.17, 15) is 0 Å². The van der Waals surface area contributed by atoms with Gasteiger partial charge in [0.2, 0.25) is 5.95 Å². The molecule has 1 aromatic carbocycles. The van der Waals surface area contributed by atoms with Crippen LogP contribution in [0, 0.1) is 0 Å². The predicted octanol–water partition coefficient (Wildman–Crippen LogP) is 2.07. The van der Waals surface area contributed by atoms with Gasteiger partial charge in [0.05, 0.1) is 18.2 Å². The van der Waals surface area contributed by atoms with Crippen molar-refractivity contribution in [3.8, 4) is 0 Å². The Bertz CT molecular complexity index is 556. The molecule has 5 heteroatoms. The first-order valence-corrected chi connectivity index (χ1v) is 6.43. The zero-order valence-electron chi connectivity index (χ0n) is 11.6. The third-order valence-electron chi connectivity index (χ3n) is 2.84. The van der Waals surface area contributed by atoms with Crippen LogP contribution < -0.4 is 10.6 Å². The molecular formula is C14H20N4O. The zero-order valence-corrected chi connectivity index (χ0v) is 11.6. The van der Waals surface area contributed by atoms with Crippen molar-refractivity contribution in [1.29, 1.82) is 0 Å². The van der Waals surface area contributed by atoms with Crippen LogP contribution in [0.4, 0.5) is 11.8 Å². The molecule has 19 heavy (non-hydrogen) atoms. The van der Waals surface area contributed by atoms with Crippen molar-refractivity contribution in [3.05, 3.63) is 24.3 Å². The van der Waals surface area contributed by atoms with Gasteiger partial charge in [-0.2, -0.15) is 4.98 Å². The average Bonchev–Trinajstić information content (AvgIpc) is 2.37. The van der Waals surface area contributed by atoms with E-state index in [2.05, 4.69) is 9.97 Å². The summed E-state index contributed by atoms with van der Waals surface area (Å²) in [6.45, 7) is 5.47. The van der Waals surface area contributed by atoms with Crippen LogP contribution in [0.1, 0.15) is 13.8 Å². The number of hydrogen-bond acceptors (Lipinski definition) is 5. The topological polar surface area (TPSA) is 64.3 Å². The lowest BCUT2D eigenvalue weighted by Gasteiger charge is -2.20. The fraction of sp³-hybridized carbons (Fsp3) is 0.429. The number of rotatable bonds is 5. The molecule has 2 N–H and O–H groups in total. The van der Waals surface area contributed by atoms with Gasteiger partial charge in [0, 0.05) is 19.0 Å². The van der Waals surface area contributed by atoms with Crippen LogP contribution in [-0.4, -0.2) is 36.3 Å². The first-order chi connectivity index (χ1) is 9.08. The molecule has 0 unspecified atom stereocenters. The van der Waals surface area contributed by atoms with Gasteiger partial charge in [0.1, 0.15) is 5.82 Å². The summed E-state index contributed by atoms with van der Waals surface area (Å²) in [5.41, 5.74) is 6.62. The SMILES string of the molecule is CC(C)OCCN(C)c1nc(N)nc2ccccc12. The van der Waals surface area contributed by atoms with Crippen molar-refractivity contribution < 1.29 is 4.74 Å². The third kappa shape index (κ3) is 3.32. The lowest BCUT2D eigenvalue weighted by Crippen LogP contribution is -2.25. The molecule has 0 amide bonds. The van der Waals surface area contributed by atoms with Crippen LogP contribution >= 0.6 is 0 Å². The Kier molecular flexibility index (Phi) is 4.16. The third-order valence-corrected chi connectivity index (χ3v) is 2.84. The van der Waals surface area contributed by atoms with Crippen molar-refractivity contribution in [2.24, 2.45) is 0 Å². The van der Waals surface area contributed by atoms with Gasteiger partial charge < -0.3 is 15.4 Å². The number of hydrogen-bond donors (Lipinski definition) is 1. The summed E-state index contributed by atoms with van der Waals surface area (Å²) in [5.74, 6) is 1.14. The predicted molar refractivity (Wildman–Crippen MR) is 78.3 cm³/mol. The molecule has 102 valence electrons. The van der Waals surface area contributed by atoms with E-state index in [-0.39, 0.29) is 6.10 Å². The molecule has 0 saturated heterocycles. The monoisotopic (exact) mass is 260 g/mol. The molecule has 0 fully saturated rings. The summed E-state index contributed by atoms with van der Waals surface area (Å²) >= 11 is 0. The largest absolute Gasteiger partial charge is 0.377 e. The summed E-state index contributed by atoms with van der Waals surface area (Å²) < 4.78 is 5.56. The molecule has 2 aromatic rings. The van der Waals surface area contributed by atoms with Gasteiger partial charge in [-0.25, -0.2) is 4.98 Å². The fourth-order valence-corrected chi connectivity index (χ4v) is 1.90. The Labute approximate surface area is 113 Å². The molecule has 5 nitrogen and oxygen atoms in total. The summed E-state index contributed by atoms with van der Waals surface area (Å²) in [6.07, 6.45) is 0.237. The van der Waals surface area contributed by atoms with E-state index in [4.69, 9.17) is 10.5 Å². The number of aromatic nitrogens is 2. The molecule has 0 radical (unpaired) electrons. The number of anilines is 2. The minimum atomic E-state index is 0.237. The van der Waals surface area contributed by atoms with E-state index in [1.807, 2.05) is 50.1 Å². The van der Waals surface area contributed by atoms with Gasteiger partial charge in [-0.3, -0.25) is 0 Å². The zero-order chi connectivity index (χ0) is 13.8. The number of nitrogen functional groups attached to an aromatic ring is 1. The minimum absolute atomic E-state index is 0.237. The Morgan fingerprint density at radius 1 is 1.26 bits per heavy atom. The number of para-hydroxylation sites is 1. The van der Waals surface area contributed by atoms with Gasteiger partial charge in [-0.15, -0.1) is 0 Å². The van der Waals surface area contributed by atoms with Gasteiger partial charge in [-0.05, 0) is 26.0 Å². The van der Waals surface area contributed by atoms with Crippen LogP contribution in [0.3, 0.4) is 0 Å². The quantitative estimate of drug-likeness (QED) is 0.891. The van der Waals surface area contributed by atoms with Crippen molar-refractivity contribution in [1.82, 2.24) is 9.97 Å². The molecule has 0 spiro atoms. The summed E-state index contributed by atoms with van der Waals surface area (Å²) in [7, 11) is 1.98. The van der Waals surface area contributed by atoms with Gasteiger partial charge in [0.25, 0.3) is 0 Å². The van der Waals surface area contributed by atoms with E-state index in [1.165, 1.54) is 0 Å². The van der Waals surface area contributed by atoms with Crippen LogP contribution in [0.15, 0.2) is 24.3 Å². The van der Waals surface area contributed by atoms with Crippen LogP contribution in [-0.2, 0) is 4.74 Å². The summed E-state index contributed by atoms with van der Waals surface area (Å²) in [5, 5.41) is 1.00. The van der Waals surface area contributed by atoms with Crippen molar-refractivity contribution in [2.45, 2.75) is 20.0 Å². The van der Waals surface area contributed by atoms with Crippen molar-refractivity contribution in [2.75, 3.05) is 30.8 Å². The number of fused-ring (bicyclic) bond motifs is 1. The molecule has 1 aromatic heterocycles. The van der Waals surface area contributed by atoms with E-state index >= 15 is 0 Å². The van der Waals surface area contributed by atoms with Crippen LogP contribution in [0.5, 0.6) is 0 Å². The molecule has 0 aliphatic rings. The maximum Gasteiger partial charge on any atom is 0.222 e. The Morgan fingerprint density at radius 2 is 2.00 bits per heavy atom. The van der Waals surface area contributed by atoms with Gasteiger partial charge in [-0.1, -0.05) is 12.1 Å². The summed E-state index contributed by atoms with van der Waals surface area (Å²) in [6, 6.07) is 7.86. The average molecular weight is 260 g/mol. The van der Waals surface area contributed by atoms with E-state index in [0.29, 0.717) is 12.6 Å². The highest BCUT2D eigenvalue weighted by Gasteiger charge is 2.10. The van der Waals surface area contributed by atoms with Gasteiger partial charge in [0.15, 0.2) is 0 Å². The molecule has 0 bridgehead atoms. The maximum atomic E-state index is 5.76. The number of nitrogens with zero attached hydrogens (tertiary/aromatic N) is 3. The Hall–Kier alpha value is -1.88. The lowest BCUT2D eigenvalue weighted by atomic mass is 10.2. The summed E-state index contributed by atoms with van der Waals surface area (Å²) in [4.78, 5) is 10.6. The molecule has 0 aliphatic heterocycles. The van der Waals surface area contributed by atoms with Crippen LogP contribution in [0.2, 0.25) is 0 Å². The van der Waals surface area contributed by atoms with Crippen LogP contribution in [0.25, 0.3) is 10.9 Å². The number of nitrogens with two attached hydrogens (primary N) is 1. The Balaban J connectivity index is 2.23. The minimum Gasteiger partial charge on any atom is -0.377 e. The normalized spacial score (nSPS) is 11.2. The number of likely N-dealkylation sites (N-methyl/N-ethyl adjacent to an activating group) is 1. The first-order valence-electron chi connectivity index (χ1n) is 6.43. The van der Waals surface area contributed by atoms with E-state index in [1.54, 1.807) is 0 Å². The standard InChI is InChI=1S/C14H20N4O/c1-10(2)19-9-8-18(3)13-11-6-4-5-7-12(11)16-14(15)17-13/h4-7,10H,8-9H2,1-3H3,(H2,15,16,17). The molecule has 0 atom stereocenters. The first kappa shape index (κ1) is 13.5. The maximum absolute atomic E-state index is 5.76. The fourth-order valence-electron chi connectivity index (χ4n) is 1.90. The molecule has 2 rings (SSSR count). The van der Waals surface area contributed by atoms with Crippen molar-refractivity contribution in [3.63, 3.8) is 0 Å². The highest BCUT2D eigenvalue weighted by atomic mass is 16.5. The number of benzene rings is 1. The molecular weight excluding hydrogens is 240 g/mol. The second kappa shape index (κ2) is 5.84. The van der Waals surface area contributed by atoms with Crippen molar-refractivity contribution >= 4 is 22.7 Å². The highest BCUT2D eigenvalue weighted by Crippen LogP contribution is 2.23. The second-order valence-corrected chi connectivity index (χ2v) is 4.76. The Morgan fingerprint density at radius 3 is 2.74 bits per heavy atom. The highest BCUT2D eigenvalue weighted by molar-refractivity contribution is 5.90. The number of ether oxygens (including phenoxy) is 1. The second-order valence-electron chi connectivity index (χ2n) is 4.76. The smallest absolute Gasteiger partial charge is 0.222 e. The molecule has 0 aliphatic carbocycles. The molecule has 1 heterocycles. The molecule has 0 saturated carbocycles. The lowest BCUT2D eigenvalue weighted by molar-refractivity contribution is 0.0845.